The molecule has 434 valence electrons. The molecule has 6 aliphatic heterocycles. The molecule has 2 aromatic carbocycles. The van der Waals surface area contributed by atoms with Gasteiger partial charge >= 0.3 is 17.9 Å². The van der Waals surface area contributed by atoms with Gasteiger partial charge in [0.2, 0.25) is 0 Å². The van der Waals surface area contributed by atoms with Crippen LogP contribution in [-0.2, 0) is 63.4 Å². The van der Waals surface area contributed by atoms with Crippen molar-refractivity contribution >= 4 is 52.6 Å². The van der Waals surface area contributed by atoms with E-state index in [0.717, 1.165) is 6.42 Å². The van der Waals surface area contributed by atoms with Gasteiger partial charge in [0, 0.05) is 11.1 Å². The zero-order chi connectivity index (χ0) is 58.7. The standard InChI is InChI=1S/C20H19N5O6.C17H18N4O6.C14H20N4O6/c1-20(2)30-12-13(31-20)18(29-14(12)19(27)28)25-9-23-11-15(21-8-22-16(11)25)24-17(26)10-6-4-3-5-7-10;1-17(2)26-11-12(27-17)15(25-13(11)16(23)24)21-10(8-6-4-3-5-7-8)9(14(18)22)19-20-21;1-4-5-6-7(11(15)19)16-17-18(6)12-9-8(10(22-12)13(20)21)23-14(2,3)24-9/h3-9,12-14,18H,1-2H3,(H,27,28)(H,21,22,24,26);3-7,11-13,15H,1-2H3,(H2,18,22)(H,23,24);8-10,12H,4-5H2,1-3H3,(H2,15,19)(H,20,21)/t12-,13+,14-,18+;11-,12+,13-,15+;8-,9+,10-,12+/m000/s1. The minimum atomic E-state index is -1.24. The van der Waals surface area contributed by atoms with Crippen molar-refractivity contribution in [2.75, 3.05) is 5.32 Å². The molecule has 6 fully saturated rings. The molecule has 0 saturated carbocycles. The van der Waals surface area contributed by atoms with Crippen molar-refractivity contribution in [1.82, 2.24) is 49.5 Å². The van der Waals surface area contributed by atoms with Crippen LogP contribution in [0.1, 0.15) is 111 Å². The SMILES string of the molecule is CC1(C)O[C@@H]2[C@H](O1)[C@@H](C(=O)O)O[C@H]2n1cnc2c(NC(=O)c3ccccc3)ncnc21.CC1(C)O[C@@H]2[C@H](O1)[C@@H](C(=O)O)O[C@H]2n1nnc(C(N)=O)c1-c1ccccc1.CCCc1c(C(N)=O)nnn1[C@@H]1O[C@H](C(=O)O)[C@H]2OC(C)(C)O[C@H]21. The fraction of sp³-hybridized carbons (Fsp3) is 0.471. The monoisotopic (exact) mass is 1140 g/mol. The molecule has 4 aromatic heterocycles. The van der Waals surface area contributed by atoms with Crippen molar-refractivity contribution in [1.29, 1.82) is 0 Å². The first-order valence-electron chi connectivity index (χ1n) is 25.7. The fourth-order valence-corrected chi connectivity index (χ4v) is 10.5. The van der Waals surface area contributed by atoms with Gasteiger partial charge in [-0.15, -0.1) is 10.2 Å². The Morgan fingerprint density at radius 2 is 1.04 bits per heavy atom. The lowest BCUT2D eigenvalue weighted by atomic mass is 10.1. The van der Waals surface area contributed by atoms with Crippen molar-refractivity contribution in [3.8, 4) is 11.3 Å². The molecule has 0 aliphatic carbocycles. The van der Waals surface area contributed by atoms with E-state index < -0.39 is 121 Å². The number of nitrogens with zero attached hydrogens (tertiary/aromatic N) is 10. The molecule has 82 heavy (non-hydrogen) atoms. The Morgan fingerprint density at radius 1 is 0.585 bits per heavy atom. The van der Waals surface area contributed by atoms with E-state index in [1.165, 1.54) is 22.0 Å². The lowest BCUT2D eigenvalue weighted by Crippen LogP contribution is -2.35. The van der Waals surface area contributed by atoms with Crippen LogP contribution in [0, 0.1) is 0 Å². The van der Waals surface area contributed by atoms with Gasteiger partial charge in [-0.05, 0) is 60.1 Å². The summed E-state index contributed by atoms with van der Waals surface area (Å²) in [7, 11) is 0. The Morgan fingerprint density at radius 3 is 1.54 bits per heavy atom. The molecule has 12 atom stereocenters. The van der Waals surface area contributed by atoms with Crippen LogP contribution in [-0.4, -0.2) is 173 Å². The number of primary amides is 2. The average molecular weight is 1140 g/mol. The Labute approximate surface area is 464 Å². The van der Waals surface area contributed by atoms with Gasteiger partial charge in [0.25, 0.3) is 17.7 Å². The Bertz CT molecular complexity index is 3430. The fourth-order valence-electron chi connectivity index (χ4n) is 10.5. The van der Waals surface area contributed by atoms with Gasteiger partial charge < -0.3 is 74.7 Å². The number of anilines is 1. The number of nitrogens with one attached hydrogen (secondary N) is 1. The Kier molecular flexibility index (Phi) is 15.2. The third kappa shape index (κ3) is 10.9. The molecule has 0 bridgehead atoms. The van der Waals surface area contributed by atoms with Crippen LogP contribution in [0.5, 0.6) is 0 Å². The van der Waals surface area contributed by atoms with E-state index in [2.05, 4.69) is 40.9 Å². The summed E-state index contributed by atoms with van der Waals surface area (Å²) in [5.74, 6) is -7.91. The summed E-state index contributed by atoms with van der Waals surface area (Å²) in [6.45, 7) is 12.1. The number of ether oxygens (including phenoxy) is 9. The molecule has 0 unspecified atom stereocenters. The zero-order valence-electron chi connectivity index (χ0n) is 44.9. The quantitative estimate of drug-likeness (QED) is 0.0962. The predicted molar refractivity (Wildman–Crippen MR) is 272 cm³/mol. The van der Waals surface area contributed by atoms with E-state index in [1.54, 1.807) is 94.6 Å². The smallest absolute Gasteiger partial charge is 0.335 e. The number of hydrogen-bond acceptors (Lipinski definition) is 22. The highest BCUT2D eigenvalue weighted by Crippen LogP contribution is 2.47. The number of aliphatic carboxylic acids is 3. The zero-order valence-corrected chi connectivity index (χ0v) is 44.9. The highest BCUT2D eigenvalue weighted by Gasteiger charge is 2.61. The van der Waals surface area contributed by atoms with E-state index in [0.29, 0.717) is 40.1 Å². The number of nitrogens with two attached hydrogens (primary N) is 2. The molecule has 0 radical (unpaired) electrons. The number of benzene rings is 2. The second kappa shape index (κ2) is 21.9. The molecule has 6 aliphatic rings. The number of rotatable bonds is 13. The molecular weight excluding hydrogens is 1080 g/mol. The number of carbonyl (C=O) groups is 6. The van der Waals surface area contributed by atoms with Crippen LogP contribution < -0.4 is 16.8 Å². The summed E-state index contributed by atoms with van der Waals surface area (Å²) in [6.07, 6.45) is -6.81. The number of carboxylic acids is 3. The van der Waals surface area contributed by atoms with E-state index in [9.17, 15) is 44.1 Å². The van der Waals surface area contributed by atoms with Gasteiger partial charge in [0.15, 0.2) is 82.7 Å². The number of fused-ring (bicyclic) bond motifs is 4. The summed E-state index contributed by atoms with van der Waals surface area (Å²) >= 11 is 0. The maximum Gasteiger partial charge on any atom is 0.335 e. The summed E-state index contributed by atoms with van der Waals surface area (Å²) in [5, 5.41) is 46.8. The first kappa shape index (κ1) is 57.0. The molecule has 10 heterocycles. The molecular formula is C51H57N13O18. The average Bonchev–Trinajstić information content (AvgIpc) is 4.29. The number of carboxylic acid groups (broad SMARTS) is 3. The van der Waals surface area contributed by atoms with Crippen LogP contribution >= 0.6 is 0 Å². The summed E-state index contributed by atoms with van der Waals surface area (Å²) in [6, 6.07) is 17.6. The molecule has 31 nitrogen and oxygen atoms in total. The third-order valence-corrected chi connectivity index (χ3v) is 13.7. The molecule has 6 saturated heterocycles. The number of imidazole rings is 1. The largest absolute Gasteiger partial charge is 0.479 e. The normalized spacial score (nSPS) is 28.7. The first-order valence-corrected chi connectivity index (χ1v) is 25.7. The molecule has 0 spiro atoms. The van der Waals surface area contributed by atoms with Gasteiger partial charge in [-0.3, -0.25) is 19.0 Å². The van der Waals surface area contributed by atoms with Crippen molar-refractivity contribution in [3.63, 3.8) is 0 Å². The highest BCUT2D eigenvalue weighted by molar-refractivity contribution is 6.06. The maximum atomic E-state index is 12.5. The van der Waals surface area contributed by atoms with Crippen LogP contribution in [0.2, 0.25) is 0 Å². The van der Waals surface area contributed by atoms with Crippen LogP contribution in [0.3, 0.4) is 0 Å². The lowest BCUT2D eigenvalue weighted by molar-refractivity contribution is -0.204. The van der Waals surface area contributed by atoms with Crippen LogP contribution in [0.25, 0.3) is 22.4 Å². The predicted octanol–water partition coefficient (Wildman–Crippen LogP) is 1.96. The third-order valence-electron chi connectivity index (χ3n) is 13.7. The molecule has 12 rings (SSSR count). The first-order chi connectivity index (χ1) is 38.9. The summed E-state index contributed by atoms with van der Waals surface area (Å²) in [5.41, 5.74) is 13.4. The van der Waals surface area contributed by atoms with Crippen molar-refractivity contribution in [3.05, 3.63) is 96.0 Å². The highest BCUT2D eigenvalue weighted by atomic mass is 16.8. The molecule has 3 amide bonds. The maximum absolute atomic E-state index is 12.5. The van der Waals surface area contributed by atoms with Crippen molar-refractivity contribution in [2.24, 2.45) is 11.5 Å². The van der Waals surface area contributed by atoms with Gasteiger partial charge in [0.05, 0.1) is 12.0 Å². The lowest BCUT2D eigenvalue weighted by Gasteiger charge is -2.23. The van der Waals surface area contributed by atoms with Gasteiger partial charge in [-0.25, -0.2) is 38.7 Å². The minimum absolute atomic E-state index is 0.0432. The number of aromatic nitrogens is 10. The van der Waals surface area contributed by atoms with Gasteiger partial charge in [-0.1, -0.05) is 72.3 Å². The van der Waals surface area contributed by atoms with Gasteiger partial charge in [-0.2, -0.15) is 0 Å². The Balaban J connectivity index is 0.000000139. The van der Waals surface area contributed by atoms with Crippen LogP contribution in [0.15, 0.2) is 73.3 Å². The van der Waals surface area contributed by atoms with E-state index in [1.807, 2.05) is 19.1 Å². The Hall–Kier alpha value is -8.27. The second-order valence-electron chi connectivity index (χ2n) is 20.8. The number of hydrogen-bond donors (Lipinski definition) is 6. The molecule has 6 aromatic rings. The van der Waals surface area contributed by atoms with E-state index in [4.69, 9.17) is 54.1 Å². The van der Waals surface area contributed by atoms with E-state index >= 15 is 0 Å². The van der Waals surface area contributed by atoms with Crippen molar-refractivity contribution < 1.29 is 86.7 Å². The number of carbonyl (C=O) groups excluding carboxylic acids is 3. The summed E-state index contributed by atoms with van der Waals surface area (Å²) < 4.78 is 56.1. The topological polar surface area (TPSA) is 415 Å². The molecule has 8 N–H and O–H groups in total. The summed E-state index contributed by atoms with van der Waals surface area (Å²) in [4.78, 5) is 83.4. The molecule has 31 heteroatoms. The number of amides is 3. The van der Waals surface area contributed by atoms with Crippen molar-refractivity contribution in [2.45, 2.75) is 152 Å². The minimum Gasteiger partial charge on any atom is -0.479 e. The van der Waals surface area contributed by atoms with Crippen LogP contribution in [0.4, 0.5) is 5.82 Å². The van der Waals surface area contributed by atoms with E-state index in [-0.39, 0.29) is 23.1 Å². The van der Waals surface area contributed by atoms with Gasteiger partial charge in [0.1, 0.15) is 48.6 Å². The second-order valence-corrected chi connectivity index (χ2v) is 20.8.